The van der Waals surface area contributed by atoms with Gasteiger partial charge in [0, 0.05) is 12.8 Å². The van der Waals surface area contributed by atoms with Crippen molar-refractivity contribution < 1.29 is 64.8 Å². The molecule has 168 valence electrons. The molecule has 1 aliphatic rings. The molecule has 0 radical (unpaired) electrons. The van der Waals surface area contributed by atoms with Crippen LogP contribution in [0.4, 0.5) is 5.82 Å². The number of imidazole rings is 1. The molecule has 3 rings (SSSR count). The molecule has 15 heteroatoms. The summed E-state index contributed by atoms with van der Waals surface area (Å²) < 4.78 is 22.1. The SMILES string of the molecule is N#CCCCCC#Cc1nc(N)c2ncn([C@@H]3O[C@H](COP(=O)(O)O)[C@@H](O)[C@H]3O)c2n1.[H-].[Na+]. The third-order valence-corrected chi connectivity index (χ3v) is 4.99. The predicted octanol–water partition coefficient (Wildman–Crippen LogP) is -3.31. The summed E-state index contributed by atoms with van der Waals surface area (Å²) in [6, 6.07) is 2.06. The number of phosphoric acid groups is 1. The maximum atomic E-state index is 10.9. The van der Waals surface area contributed by atoms with Crippen LogP contribution in [-0.4, -0.2) is 64.4 Å². The van der Waals surface area contributed by atoms with E-state index in [-0.39, 0.29) is 53.8 Å². The molecule has 0 saturated carbocycles. The second kappa shape index (κ2) is 11.5. The van der Waals surface area contributed by atoms with E-state index in [0.29, 0.717) is 12.8 Å². The van der Waals surface area contributed by atoms with Crippen LogP contribution < -0.4 is 35.3 Å². The van der Waals surface area contributed by atoms with Gasteiger partial charge < -0.3 is 31.9 Å². The number of aliphatic hydroxyl groups excluding tert-OH is 2. The number of hydrogen-bond acceptors (Lipinski definition) is 10. The van der Waals surface area contributed by atoms with Crippen LogP contribution in [0.2, 0.25) is 0 Å². The number of nitrogens with zero attached hydrogens (tertiary/aromatic N) is 5. The quantitative estimate of drug-likeness (QED) is 0.115. The van der Waals surface area contributed by atoms with Crippen molar-refractivity contribution in [1.82, 2.24) is 19.5 Å². The van der Waals surface area contributed by atoms with Gasteiger partial charge in [0.1, 0.15) is 23.8 Å². The van der Waals surface area contributed by atoms with Crippen molar-refractivity contribution in [3.63, 3.8) is 0 Å². The Morgan fingerprint density at radius 3 is 2.69 bits per heavy atom. The molecule has 0 aliphatic carbocycles. The normalized spacial score (nSPS) is 22.7. The van der Waals surface area contributed by atoms with E-state index in [4.69, 9.17) is 25.5 Å². The molecule has 2 aromatic rings. The van der Waals surface area contributed by atoms with Gasteiger partial charge in [0.05, 0.1) is 19.0 Å². The smallest absolute Gasteiger partial charge is 1.00 e. The van der Waals surface area contributed by atoms with Crippen molar-refractivity contribution in [1.29, 1.82) is 5.26 Å². The number of nitriles is 1. The Morgan fingerprint density at radius 1 is 1.28 bits per heavy atom. The van der Waals surface area contributed by atoms with E-state index < -0.39 is 39.0 Å². The molecule has 1 fully saturated rings. The zero-order valence-corrected chi connectivity index (χ0v) is 20.1. The Kier molecular flexibility index (Phi) is 9.57. The molecule has 1 aliphatic heterocycles. The number of nitrogen functional groups attached to an aromatic ring is 1. The molecule has 32 heavy (non-hydrogen) atoms. The molecule has 0 aromatic carbocycles. The molecular formula is C17H22N6NaO7P. The molecule has 2 aromatic heterocycles. The average Bonchev–Trinajstić information content (AvgIpc) is 3.24. The topological polar surface area (TPSA) is 210 Å². The zero-order chi connectivity index (χ0) is 22.6. The summed E-state index contributed by atoms with van der Waals surface area (Å²) in [5.74, 6) is 5.89. The first-order chi connectivity index (χ1) is 14.7. The van der Waals surface area contributed by atoms with Crippen molar-refractivity contribution in [3.8, 4) is 17.9 Å². The van der Waals surface area contributed by atoms with Crippen LogP contribution >= 0.6 is 7.82 Å². The first kappa shape index (κ1) is 26.6. The van der Waals surface area contributed by atoms with Crippen molar-refractivity contribution in [2.75, 3.05) is 12.3 Å². The van der Waals surface area contributed by atoms with Gasteiger partial charge in [-0.1, -0.05) is 5.92 Å². The van der Waals surface area contributed by atoms with Gasteiger partial charge in [0.25, 0.3) is 0 Å². The summed E-state index contributed by atoms with van der Waals surface area (Å²) in [5, 5.41) is 29.1. The van der Waals surface area contributed by atoms with Crippen molar-refractivity contribution in [2.24, 2.45) is 0 Å². The number of unbranched alkanes of at least 4 members (excludes halogenated alkanes) is 3. The molecule has 3 heterocycles. The number of rotatable bonds is 7. The van der Waals surface area contributed by atoms with Crippen molar-refractivity contribution in [3.05, 3.63) is 12.2 Å². The largest absolute Gasteiger partial charge is 1.00 e. The summed E-state index contributed by atoms with van der Waals surface area (Å²) in [4.78, 5) is 30.2. The minimum absolute atomic E-state index is 0. The van der Waals surface area contributed by atoms with Gasteiger partial charge in [-0.3, -0.25) is 9.09 Å². The summed E-state index contributed by atoms with van der Waals surface area (Å²) in [5.41, 5.74) is 6.37. The second-order valence-corrected chi connectivity index (χ2v) is 8.00. The monoisotopic (exact) mass is 476 g/mol. The number of fused-ring (bicyclic) bond motifs is 1. The molecule has 13 nitrogen and oxygen atoms in total. The van der Waals surface area contributed by atoms with Gasteiger partial charge in [-0.2, -0.15) is 5.26 Å². The van der Waals surface area contributed by atoms with E-state index in [0.717, 1.165) is 12.8 Å². The third-order valence-electron chi connectivity index (χ3n) is 4.51. The summed E-state index contributed by atoms with van der Waals surface area (Å²) in [7, 11) is -4.78. The van der Waals surface area contributed by atoms with E-state index in [1.165, 1.54) is 10.9 Å². The molecule has 0 amide bonds. The maximum absolute atomic E-state index is 10.9. The minimum Gasteiger partial charge on any atom is -1.00 e. The molecule has 0 bridgehead atoms. The number of ether oxygens (including phenoxy) is 1. The minimum atomic E-state index is -4.78. The predicted molar refractivity (Wildman–Crippen MR) is 106 cm³/mol. The number of aromatic nitrogens is 4. The molecule has 0 unspecified atom stereocenters. The molecule has 6 N–H and O–H groups in total. The van der Waals surface area contributed by atoms with Gasteiger partial charge in [-0.25, -0.2) is 19.5 Å². The standard InChI is InChI=1S/C17H21N6O7P.Na.H/c18-7-5-3-1-2-4-6-11-21-15(19)12-16(22-11)23(9-20-12)17-14(25)13(24)10(30-17)8-29-31(26,27)28;;/h9-10,13-14,17,24-25H,1-3,5,8H2,(H2,19,21,22)(H2,26,27,28);;/q;+1;-1/t10-,13-,14-,17-;;/m1../s1. The number of hydrogen-bond donors (Lipinski definition) is 5. The fourth-order valence-corrected chi connectivity index (χ4v) is 3.35. The fraction of sp³-hybridized carbons (Fsp3) is 0.529. The van der Waals surface area contributed by atoms with Crippen LogP contribution in [0, 0.1) is 23.2 Å². The van der Waals surface area contributed by atoms with Gasteiger partial charge in [-0.05, 0) is 18.8 Å². The van der Waals surface area contributed by atoms with E-state index in [9.17, 15) is 14.8 Å². The number of aliphatic hydroxyl groups is 2. The number of nitrogens with two attached hydrogens (primary N) is 1. The fourth-order valence-electron chi connectivity index (χ4n) is 3.01. The summed E-state index contributed by atoms with van der Waals surface area (Å²) >= 11 is 0. The Bertz CT molecular complexity index is 1100. The van der Waals surface area contributed by atoms with E-state index in [2.05, 4.69) is 37.4 Å². The molecule has 4 atom stereocenters. The number of phosphoric ester groups is 1. The Morgan fingerprint density at radius 2 is 2.00 bits per heavy atom. The summed E-state index contributed by atoms with van der Waals surface area (Å²) in [6.07, 6.45) is -1.47. The van der Waals surface area contributed by atoms with Crippen LogP contribution in [0.5, 0.6) is 0 Å². The van der Waals surface area contributed by atoms with Gasteiger partial charge in [0.2, 0.25) is 5.82 Å². The van der Waals surface area contributed by atoms with Crippen LogP contribution in [0.1, 0.15) is 39.2 Å². The molecule has 0 spiro atoms. The van der Waals surface area contributed by atoms with E-state index in [1.807, 2.05) is 0 Å². The second-order valence-electron chi connectivity index (χ2n) is 6.76. The first-order valence-electron chi connectivity index (χ1n) is 9.29. The number of anilines is 1. The zero-order valence-electron chi connectivity index (χ0n) is 18.2. The van der Waals surface area contributed by atoms with Gasteiger partial charge in [-0.15, -0.1) is 0 Å². The maximum Gasteiger partial charge on any atom is 1.00 e. The van der Waals surface area contributed by atoms with Gasteiger partial charge in [0.15, 0.2) is 17.7 Å². The summed E-state index contributed by atoms with van der Waals surface area (Å²) in [6.45, 7) is -0.634. The third kappa shape index (κ3) is 6.47. The Labute approximate surface area is 206 Å². The van der Waals surface area contributed by atoms with E-state index >= 15 is 0 Å². The van der Waals surface area contributed by atoms with Crippen LogP contribution in [-0.2, 0) is 13.8 Å². The van der Waals surface area contributed by atoms with Crippen LogP contribution in [0.3, 0.4) is 0 Å². The molecular weight excluding hydrogens is 454 g/mol. The van der Waals surface area contributed by atoms with Crippen molar-refractivity contribution >= 4 is 24.8 Å². The van der Waals surface area contributed by atoms with Crippen LogP contribution in [0.25, 0.3) is 11.2 Å². The molecule has 1 saturated heterocycles. The Balaban J connectivity index is 0.00000272. The Hall–Kier alpha value is -1.61. The first-order valence-corrected chi connectivity index (χ1v) is 10.8. The van der Waals surface area contributed by atoms with E-state index in [1.54, 1.807) is 0 Å². The van der Waals surface area contributed by atoms with Gasteiger partial charge >= 0.3 is 37.4 Å². The van der Waals surface area contributed by atoms with Crippen molar-refractivity contribution in [2.45, 2.75) is 50.2 Å². The van der Waals surface area contributed by atoms with Crippen LogP contribution in [0.15, 0.2) is 6.33 Å². The average molecular weight is 476 g/mol.